The van der Waals surface area contributed by atoms with Gasteiger partial charge >= 0.3 is 7.33 Å². The maximum Gasteiger partial charge on any atom is 0.637 e. The van der Waals surface area contributed by atoms with Gasteiger partial charge < -0.3 is 9.13 Å². The van der Waals surface area contributed by atoms with Crippen LogP contribution in [-0.2, 0) is 4.65 Å². The summed E-state index contributed by atoms with van der Waals surface area (Å²) in [5, 5.41) is 1.54. The van der Waals surface area contributed by atoms with Crippen LogP contribution >= 0.6 is 0 Å². The zero-order chi connectivity index (χ0) is 21.0. The first-order valence-electron chi connectivity index (χ1n) is 10.0. The van der Waals surface area contributed by atoms with E-state index in [1.165, 1.54) is 10.8 Å². The first-order chi connectivity index (χ1) is 12.9. The minimum atomic E-state index is -1.49. The maximum atomic E-state index is 15.3. The molecule has 150 valence electrons. The Morgan fingerprint density at radius 1 is 1.21 bits per heavy atom. The van der Waals surface area contributed by atoms with E-state index in [4.69, 9.17) is 4.65 Å². The van der Waals surface area contributed by atoms with Crippen molar-refractivity contribution >= 4 is 26.7 Å². The predicted molar refractivity (Wildman–Crippen MR) is 121 cm³/mol. The van der Waals surface area contributed by atoms with Gasteiger partial charge in [-0.25, -0.2) is 0 Å². The van der Waals surface area contributed by atoms with Crippen molar-refractivity contribution < 1.29 is 8.97 Å². The molecule has 0 saturated heterocycles. The van der Waals surface area contributed by atoms with Gasteiger partial charge in [0.25, 0.3) is 0 Å². The average molecular weight is 398 g/mol. The molecule has 1 aliphatic heterocycles. The Hall–Kier alpha value is -1.66. The zero-order valence-electron chi connectivity index (χ0n) is 18.7. The summed E-state index contributed by atoms with van der Waals surface area (Å²) in [6.07, 6.45) is 2.07. The molecule has 1 unspecified atom stereocenters. The van der Waals surface area contributed by atoms with Crippen LogP contribution in [0.3, 0.4) is 0 Å². The van der Waals surface area contributed by atoms with Crippen molar-refractivity contribution in [2.45, 2.75) is 61.2 Å². The molecule has 3 nitrogen and oxygen atoms in total. The summed E-state index contributed by atoms with van der Waals surface area (Å²) < 4.78 is 22.7. The fraction of sp³-hybridized carbons (Fsp3) is 0.500. The number of halogens is 1. The molecular formula is C22H32BFN2OSi. The second-order valence-electron chi connectivity index (χ2n) is 9.27. The average Bonchev–Trinajstić information content (AvgIpc) is 2.96. The van der Waals surface area contributed by atoms with E-state index in [0.29, 0.717) is 12.5 Å². The van der Waals surface area contributed by atoms with Crippen LogP contribution in [0.5, 0.6) is 0 Å². The number of hydrogen-bond acceptors (Lipinski definition) is 2. The van der Waals surface area contributed by atoms with Gasteiger partial charge in [0.05, 0.1) is 13.8 Å². The highest BCUT2D eigenvalue weighted by Gasteiger charge is 2.42. The summed E-state index contributed by atoms with van der Waals surface area (Å²) >= 11 is 0. The SMILES string of the molecule is CC1=CC(C)=N/C1=C(/C)c1c(C)cc(C)n1B(F)OCC1C(C)=C1[Si](C)(C)C. The summed E-state index contributed by atoms with van der Waals surface area (Å²) in [7, 11) is -2.82. The lowest BCUT2D eigenvalue weighted by Crippen LogP contribution is -2.29. The molecule has 1 aromatic heterocycles. The molecule has 1 aromatic rings. The number of rotatable bonds is 6. The first-order valence-corrected chi connectivity index (χ1v) is 13.5. The lowest BCUT2D eigenvalue weighted by Gasteiger charge is -2.17. The molecule has 1 aliphatic carbocycles. The molecule has 0 aromatic carbocycles. The number of aromatic nitrogens is 1. The molecule has 3 rings (SSSR count). The third kappa shape index (κ3) is 3.77. The molecule has 2 aliphatic rings. The van der Waals surface area contributed by atoms with Crippen molar-refractivity contribution in [1.29, 1.82) is 0 Å². The van der Waals surface area contributed by atoms with Crippen LogP contribution in [0.25, 0.3) is 5.57 Å². The van der Waals surface area contributed by atoms with Gasteiger partial charge in [-0.05, 0) is 70.4 Å². The van der Waals surface area contributed by atoms with E-state index in [-0.39, 0.29) is 0 Å². The second kappa shape index (κ2) is 7.30. The van der Waals surface area contributed by atoms with Gasteiger partial charge in [0.15, 0.2) is 0 Å². The van der Waals surface area contributed by atoms with Gasteiger partial charge in [-0.1, -0.05) is 30.4 Å². The van der Waals surface area contributed by atoms with E-state index >= 15 is 4.32 Å². The Morgan fingerprint density at radius 3 is 2.36 bits per heavy atom. The fourth-order valence-corrected chi connectivity index (χ4v) is 7.32. The topological polar surface area (TPSA) is 26.5 Å². The predicted octanol–water partition coefficient (Wildman–Crippen LogP) is 5.90. The van der Waals surface area contributed by atoms with Gasteiger partial charge in [0.1, 0.15) is 0 Å². The van der Waals surface area contributed by atoms with Crippen molar-refractivity contribution in [2.24, 2.45) is 10.9 Å². The third-order valence-corrected chi connectivity index (χ3v) is 8.20. The summed E-state index contributed by atoms with van der Waals surface area (Å²) in [5.41, 5.74) is 8.23. The highest BCUT2D eigenvalue weighted by molar-refractivity contribution is 6.84. The van der Waals surface area contributed by atoms with E-state index in [1.54, 1.807) is 4.48 Å². The fourth-order valence-electron chi connectivity index (χ4n) is 4.69. The van der Waals surface area contributed by atoms with Gasteiger partial charge in [0.2, 0.25) is 0 Å². The first kappa shape index (κ1) is 21.1. The minimum Gasteiger partial charge on any atom is -0.387 e. The van der Waals surface area contributed by atoms with Gasteiger partial charge in [-0.2, -0.15) is 0 Å². The van der Waals surface area contributed by atoms with Crippen molar-refractivity contribution in [3.05, 3.63) is 51.1 Å². The van der Waals surface area contributed by atoms with Crippen molar-refractivity contribution in [1.82, 2.24) is 4.48 Å². The van der Waals surface area contributed by atoms with Crippen LogP contribution in [0.2, 0.25) is 19.6 Å². The van der Waals surface area contributed by atoms with E-state index in [2.05, 4.69) is 44.6 Å². The summed E-state index contributed by atoms with van der Waals surface area (Å²) in [6, 6.07) is 2.02. The van der Waals surface area contributed by atoms with Crippen LogP contribution in [0.15, 0.2) is 39.2 Å². The Bertz CT molecular complexity index is 946. The number of aryl methyl sites for hydroxylation is 2. The second-order valence-corrected chi connectivity index (χ2v) is 14.3. The molecule has 0 radical (unpaired) electrons. The smallest absolute Gasteiger partial charge is 0.387 e. The zero-order valence-corrected chi connectivity index (χ0v) is 19.7. The van der Waals surface area contributed by atoms with Gasteiger partial charge in [-0.3, -0.25) is 9.31 Å². The summed E-state index contributed by atoms with van der Waals surface area (Å²) in [5.74, 6) is 0.331. The quantitative estimate of drug-likeness (QED) is 0.548. The molecule has 0 amide bonds. The minimum absolute atomic E-state index is 0.331. The van der Waals surface area contributed by atoms with Crippen LogP contribution in [0, 0.1) is 19.8 Å². The largest absolute Gasteiger partial charge is 0.637 e. The number of aliphatic imine (C=N–C) groups is 1. The van der Waals surface area contributed by atoms with Gasteiger partial charge in [-0.15, -0.1) is 0 Å². The molecule has 0 saturated carbocycles. The Morgan fingerprint density at radius 2 is 1.86 bits per heavy atom. The van der Waals surface area contributed by atoms with E-state index in [1.807, 2.05) is 33.8 Å². The highest BCUT2D eigenvalue weighted by atomic mass is 28.3. The van der Waals surface area contributed by atoms with E-state index in [9.17, 15) is 0 Å². The lowest BCUT2D eigenvalue weighted by atomic mass is 10.0. The van der Waals surface area contributed by atoms with Crippen LogP contribution < -0.4 is 0 Å². The molecule has 2 heterocycles. The number of allylic oxidation sites excluding steroid dienone is 3. The maximum absolute atomic E-state index is 15.3. The standard InChI is InChI=1S/C22H32BFN2OSi/c1-13-10-15(3)25-20(13)18(6)21-14(2)11-16(4)26(21)23(24)27-12-19-17(5)22(19)28(7,8)9/h10-11,19H,12H2,1-9H3/b20-18-. The van der Waals surface area contributed by atoms with E-state index in [0.717, 1.165) is 39.5 Å². The molecule has 0 bridgehead atoms. The summed E-state index contributed by atoms with van der Waals surface area (Å²) in [6.45, 7) is 19.6. The lowest BCUT2D eigenvalue weighted by molar-refractivity contribution is 0.271. The number of hydrogen-bond donors (Lipinski definition) is 0. The molecule has 0 fully saturated rings. The Balaban J connectivity index is 1.84. The monoisotopic (exact) mass is 398 g/mol. The van der Waals surface area contributed by atoms with Crippen molar-refractivity contribution in [3.63, 3.8) is 0 Å². The summed E-state index contributed by atoms with van der Waals surface area (Å²) in [4.78, 5) is 4.65. The highest BCUT2D eigenvalue weighted by Crippen LogP contribution is 2.45. The number of nitrogens with zero attached hydrogens (tertiary/aromatic N) is 2. The van der Waals surface area contributed by atoms with Crippen molar-refractivity contribution in [2.75, 3.05) is 6.61 Å². The Kier molecular flexibility index (Phi) is 5.49. The van der Waals surface area contributed by atoms with Gasteiger partial charge in [0, 0.05) is 29.6 Å². The van der Waals surface area contributed by atoms with Crippen molar-refractivity contribution in [3.8, 4) is 0 Å². The molecule has 1 atom stereocenters. The third-order valence-electron chi connectivity index (χ3n) is 5.84. The molecule has 6 heteroatoms. The molecule has 0 N–H and O–H groups in total. The van der Waals surface area contributed by atoms with Crippen LogP contribution in [0.1, 0.15) is 44.6 Å². The normalized spacial score (nSPS) is 21.1. The molecule has 0 spiro atoms. The molecule has 28 heavy (non-hydrogen) atoms. The molecular weight excluding hydrogens is 366 g/mol. The Labute approximate surface area is 170 Å². The van der Waals surface area contributed by atoms with E-state index < -0.39 is 15.4 Å². The van der Waals surface area contributed by atoms with Crippen LogP contribution in [-0.4, -0.2) is 32.2 Å². The van der Waals surface area contributed by atoms with Crippen LogP contribution in [0.4, 0.5) is 4.32 Å².